The summed E-state index contributed by atoms with van der Waals surface area (Å²) in [5, 5.41) is 7.82. The molecule has 0 radical (unpaired) electrons. The molecule has 0 heterocycles. The van der Waals surface area contributed by atoms with Crippen LogP contribution in [0, 0.1) is 0 Å². The molecule has 0 aliphatic rings. The van der Waals surface area contributed by atoms with E-state index in [4.69, 9.17) is 9.47 Å². The molecule has 0 amide bonds. The van der Waals surface area contributed by atoms with Gasteiger partial charge in [0.05, 0.1) is 0 Å². The molecule has 0 aromatic heterocycles. The summed E-state index contributed by atoms with van der Waals surface area (Å²) < 4.78 is 9.41. The Hall–Kier alpha value is -3.10. The van der Waals surface area contributed by atoms with Crippen molar-refractivity contribution >= 4 is 12.3 Å². The fourth-order valence-corrected chi connectivity index (χ4v) is 1.56. The third kappa shape index (κ3) is 6.77. The van der Waals surface area contributed by atoms with Gasteiger partial charge in [0, 0.05) is 10.1 Å². The molecule has 8 nitrogen and oxygen atoms in total. The highest BCUT2D eigenvalue weighted by Crippen LogP contribution is 2.03. The lowest BCUT2D eigenvalue weighted by molar-refractivity contribution is -0.601. The molecule has 8 heteroatoms. The second-order valence-corrected chi connectivity index (χ2v) is 4.35. The van der Waals surface area contributed by atoms with E-state index in [0.29, 0.717) is 0 Å². The van der Waals surface area contributed by atoms with Crippen molar-refractivity contribution in [3.8, 4) is 0 Å². The van der Waals surface area contributed by atoms with E-state index in [0.717, 1.165) is 11.1 Å². The normalized spacial score (nSPS) is 9.83. The maximum Gasteiger partial charge on any atom is 0.543 e. The van der Waals surface area contributed by atoms with Gasteiger partial charge in [0.15, 0.2) is 0 Å². The first-order valence-corrected chi connectivity index (χ1v) is 6.83. The molecule has 0 aliphatic heterocycles. The molecule has 2 rings (SSSR count). The van der Waals surface area contributed by atoms with Crippen LogP contribution in [0.2, 0.25) is 0 Å². The number of ether oxygens (including phenoxy) is 2. The average molecular weight is 334 g/mol. The van der Waals surface area contributed by atoms with Crippen molar-refractivity contribution in [2.24, 2.45) is 0 Å². The molecule has 0 spiro atoms. The Morgan fingerprint density at radius 3 is 1.38 bits per heavy atom. The smallest absolute Gasteiger partial charge is 0.427 e. The lowest BCUT2D eigenvalue weighted by Gasteiger charge is -2.04. The highest BCUT2D eigenvalue weighted by Gasteiger charge is 2.10. The second kappa shape index (κ2) is 9.82. The van der Waals surface area contributed by atoms with Crippen LogP contribution < -0.4 is 0 Å². The van der Waals surface area contributed by atoms with E-state index in [9.17, 15) is 9.59 Å². The molecule has 0 fully saturated rings. The van der Waals surface area contributed by atoms with Crippen LogP contribution >= 0.6 is 0 Å². The Morgan fingerprint density at radius 1 is 0.625 bits per heavy atom. The Kier molecular flexibility index (Phi) is 7.06. The van der Waals surface area contributed by atoms with Gasteiger partial charge in [-0.3, -0.25) is 0 Å². The molecule has 2 aromatic rings. The van der Waals surface area contributed by atoms with Crippen LogP contribution in [0.3, 0.4) is 0 Å². The fourth-order valence-electron chi connectivity index (χ4n) is 1.56. The quantitative estimate of drug-likeness (QED) is 0.329. The highest BCUT2D eigenvalue weighted by atomic mass is 17.7. The average Bonchev–Trinajstić information content (AvgIpc) is 2.63. The summed E-state index contributed by atoms with van der Waals surface area (Å²) in [6.07, 6.45) is -2.33. The summed E-state index contributed by atoms with van der Waals surface area (Å²) in [6.45, 7) is -0.0218. The van der Waals surface area contributed by atoms with Crippen LogP contribution in [-0.4, -0.2) is 12.3 Å². The fraction of sp³-hybridized carbons (Fsp3) is 0.125. The summed E-state index contributed by atoms with van der Waals surface area (Å²) in [4.78, 5) is 30.4. The Balaban J connectivity index is 1.52. The third-order valence-electron chi connectivity index (χ3n) is 2.63. The van der Waals surface area contributed by atoms with Crippen LogP contribution in [0.1, 0.15) is 11.1 Å². The predicted octanol–water partition coefficient (Wildman–Crippen LogP) is 3.47. The topological polar surface area (TPSA) is 89.5 Å². The number of carbonyl (C=O) groups excluding carboxylic acids is 2. The molecule has 0 atom stereocenters. The SMILES string of the molecule is O=C(OCc1ccccc1)OOOOC(=O)OCc1ccccc1. The molecule has 126 valence electrons. The van der Waals surface area contributed by atoms with Crippen molar-refractivity contribution in [3.05, 3.63) is 71.8 Å². The first-order valence-electron chi connectivity index (χ1n) is 6.83. The number of rotatable bonds is 7. The van der Waals surface area contributed by atoms with Crippen molar-refractivity contribution in [3.63, 3.8) is 0 Å². The minimum Gasteiger partial charge on any atom is -0.427 e. The van der Waals surface area contributed by atoms with E-state index < -0.39 is 12.3 Å². The maximum absolute atomic E-state index is 11.2. The van der Waals surface area contributed by atoms with E-state index in [2.05, 4.69) is 19.9 Å². The Labute approximate surface area is 137 Å². The zero-order valence-electron chi connectivity index (χ0n) is 12.5. The van der Waals surface area contributed by atoms with Crippen LogP contribution in [-0.2, 0) is 42.5 Å². The van der Waals surface area contributed by atoms with Gasteiger partial charge in [-0.2, -0.15) is 0 Å². The molecule has 0 aliphatic carbocycles. The van der Waals surface area contributed by atoms with Gasteiger partial charge in [0.2, 0.25) is 0 Å². The van der Waals surface area contributed by atoms with Crippen molar-refractivity contribution in [1.29, 1.82) is 0 Å². The van der Waals surface area contributed by atoms with Crippen molar-refractivity contribution in [2.75, 3.05) is 0 Å². The summed E-state index contributed by atoms with van der Waals surface area (Å²) in [5.41, 5.74) is 1.52. The van der Waals surface area contributed by atoms with Gasteiger partial charge >= 0.3 is 12.3 Å². The molecule has 2 aromatic carbocycles. The number of carbonyl (C=O) groups is 2. The molecule has 0 saturated heterocycles. The van der Waals surface area contributed by atoms with Crippen LogP contribution in [0.4, 0.5) is 9.59 Å². The van der Waals surface area contributed by atoms with Crippen molar-refractivity contribution in [2.45, 2.75) is 13.2 Å². The third-order valence-corrected chi connectivity index (χ3v) is 2.63. The first-order chi connectivity index (χ1) is 11.7. The zero-order valence-corrected chi connectivity index (χ0v) is 12.5. The van der Waals surface area contributed by atoms with Gasteiger partial charge in [-0.15, -0.1) is 0 Å². The standard InChI is InChI=1S/C16H14O8/c17-15(19-11-13-7-3-1-4-8-13)21-23-24-22-16(18)20-12-14-9-5-2-6-10-14/h1-10H,11-12H2. The second-order valence-electron chi connectivity index (χ2n) is 4.35. The molecule has 0 N–H and O–H groups in total. The molecule has 0 unspecified atom stereocenters. The lowest BCUT2D eigenvalue weighted by Crippen LogP contribution is -2.12. The van der Waals surface area contributed by atoms with E-state index in [1.807, 2.05) is 12.1 Å². The Bertz CT molecular complexity index is 572. The van der Waals surface area contributed by atoms with E-state index >= 15 is 0 Å². The van der Waals surface area contributed by atoms with Gasteiger partial charge in [0.25, 0.3) is 0 Å². The summed E-state index contributed by atoms with van der Waals surface area (Å²) in [7, 11) is 0. The van der Waals surface area contributed by atoms with E-state index in [1.165, 1.54) is 0 Å². The Morgan fingerprint density at radius 2 is 1.00 bits per heavy atom. The monoisotopic (exact) mass is 334 g/mol. The first kappa shape index (κ1) is 17.3. The van der Waals surface area contributed by atoms with Crippen molar-refractivity contribution < 1.29 is 38.9 Å². The van der Waals surface area contributed by atoms with Gasteiger partial charge < -0.3 is 9.47 Å². The largest absolute Gasteiger partial charge is 0.543 e. The number of hydrogen-bond donors (Lipinski definition) is 0. The maximum atomic E-state index is 11.2. The van der Waals surface area contributed by atoms with Crippen LogP contribution in [0.25, 0.3) is 0 Å². The number of hydrogen-bond acceptors (Lipinski definition) is 8. The van der Waals surface area contributed by atoms with Crippen LogP contribution in [0.15, 0.2) is 60.7 Å². The minimum absolute atomic E-state index is 0.0109. The van der Waals surface area contributed by atoms with E-state index in [1.54, 1.807) is 48.5 Å². The lowest BCUT2D eigenvalue weighted by atomic mass is 10.2. The predicted molar refractivity (Wildman–Crippen MR) is 77.6 cm³/mol. The minimum atomic E-state index is -1.17. The summed E-state index contributed by atoms with van der Waals surface area (Å²) in [5.74, 6) is 0. The van der Waals surface area contributed by atoms with Gasteiger partial charge in [-0.25, -0.2) is 19.4 Å². The van der Waals surface area contributed by atoms with Gasteiger partial charge in [-0.05, 0) is 11.1 Å². The summed E-state index contributed by atoms with van der Waals surface area (Å²) in [6, 6.07) is 17.9. The van der Waals surface area contributed by atoms with Gasteiger partial charge in [0.1, 0.15) is 13.2 Å². The molecular weight excluding hydrogens is 320 g/mol. The summed E-state index contributed by atoms with van der Waals surface area (Å²) >= 11 is 0. The van der Waals surface area contributed by atoms with Crippen LogP contribution in [0.5, 0.6) is 0 Å². The van der Waals surface area contributed by atoms with Crippen molar-refractivity contribution in [1.82, 2.24) is 0 Å². The highest BCUT2D eigenvalue weighted by molar-refractivity contribution is 5.59. The molecule has 0 saturated carbocycles. The molecule has 0 bridgehead atoms. The van der Waals surface area contributed by atoms with Gasteiger partial charge in [-0.1, -0.05) is 60.7 Å². The van der Waals surface area contributed by atoms with E-state index in [-0.39, 0.29) is 13.2 Å². The molecule has 24 heavy (non-hydrogen) atoms. The zero-order chi connectivity index (χ0) is 17.0. The molecular formula is C16H14O8. The number of benzene rings is 2.